The Hall–Kier alpha value is -3.72. The minimum Gasteiger partial charge on any atom is -0.495 e. The third-order valence-corrected chi connectivity index (χ3v) is 7.72. The van der Waals surface area contributed by atoms with Crippen LogP contribution in [0.5, 0.6) is 5.75 Å². The van der Waals surface area contributed by atoms with E-state index in [1.165, 1.54) is 0 Å². The Morgan fingerprint density at radius 2 is 1.80 bits per heavy atom. The highest BCUT2D eigenvalue weighted by atomic mass is 16.5. The second-order valence-corrected chi connectivity index (χ2v) is 10.5. The number of allylic oxidation sites excluding steroid dienone is 1. The number of benzene rings is 2. The molecule has 1 aliphatic heterocycles. The van der Waals surface area contributed by atoms with Gasteiger partial charge in [0.05, 0.1) is 12.8 Å². The summed E-state index contributed by atoms with van der Waals surface area (Å²) in [5, 5.41) is 9.43. The van der Waals surface area contributed by atoms with Gasteiger partial charge in [0, 0.05) is 43.5 Å². The van der Waals surface area contributed by atoms with E-state index in [1.807, 2.05) is 55.5 Å². The zero-order chi connectivity index (χ0) is 28.3. The number of carbonyl (C=O) groups excluding carboxylic acids is 2. The number of hydrogen-bond donors (Lipinski definition) is 4. The molecule has 2 amide bonds. The lowest BCUT2D eigenvalue weighted by Crippen LogP contribution is -2.47. The standard InChI is InChI=1S/C31H43N5O4/c1-3-27(23-13-14-26(32)28(21-23)39-2)34-24-15-18-36(19-16-24)20-17-33-31(38)35-29(22-9-5-4-6-10-22)30(37)40-25-11-7-8-12-25/h3-6,9-10,13-14,21,24-25,29,34H,7-8,11-12,15-20,32H2,1-2H3,(H2,33,35,38)/b27-3+/t29-/m0/s1. The van der Waals surface area contributed by atoms with Crippen LogP contribution in [0, 0.1) is 0 Å². The number of nitrogen functional groups attached to an aromatic ring is 1. The van der Waals surface area contributed by atoms with Gasteiger partial charge in [0.1, 0.15) is 11.9 Å². The maximum atomic E-state index is 12.9. The first kappa shape index (κ1) is 29.3. The van der Waals surface area contributed by atoms with Crippen molar-refractivity contribution in [3.05, 3.63) is 65.7 Å². The minimum atomic E-state index is -0.828. The van der Waals surface area contributed by atoms with Crippen molar-refractivity contribution in [1.82, 2.24) is 20.9 Å². The normalized spacial score (nSPS) is 17.7. The van der Waals surface area contributed by atoms with Crippen LogP contribution in [0.3, 0.4) is 0 Å². The summed E-state index contributed by atoms with van der Waals surface area (Å²) in [6, 6.07) is 14.3. The fourth-order valence-corrected chi connectivity index (χ4v) is 5.40. The Kier molecular flexibility index (Phi) is 10.7. The number of esters is 1. The number of urea groups is 1. The lowest BCUT2D eigenvalue weighted by molar-refractivity contribution is -0.151. The largest absolute Gasteiger partial charge is 0.495 e. The maximum Gasteiger partial charge on any atom is 0.333 e. The molecule has 2 aliphatic rings. The minimum absolute atomic E-state index is 0.0563. The molecule has 1 saturated carbocycles. The number of nitrogens with two attached hydrogens (primary N) is 1. The number of anilines is 1. The summed E-state index contributed by atoms with van der Waals surface area (Å²) >= 11 is 0. The van der Waals surface area contributed by atoms with Crippen LogP contribution >= 0.6 is 0 Å². The predicted molar refractivity (Wildman–Crippen MR) is 158 cm³/mol. The van der Waals surface area contributed by atoms with Crippen molar-refractivity contribution in [2.24, 2.45) is 0 Å². The molecule has 0 bridgehead atoms. The molecular formula is C31H43N5O4. The molecule has 0 spiro atoms. The van der Waals surface area contributed by atoms with E-state index in [0.29, 0.717) is 29.6 Å². The number of likely N-dealkylation sites (tertiary alicyclic amines) is 1. The highest BCUT2D eigenvalue weighted by molar-refractivity contribution is 5.84. The van der Waals surface area contributed by atoms with Gasteiger partial charge in [0.15, 0.2) is 6.04 Å². The van der Waals surface area contributed by atoms with Crippen LogP contribution in [-0.2, 0) is 9.53 Å². The Balaban J connectivity index is 1.21. The van der Waals surface area contributed by atoms with Gasteiger partial charge in [-0.15, -0.1) is 0 Å². The van der Waals surface area contributed by atoms with E-state index in [-0.39, 0.29) is 12.1 Å². The van der Waals surface area contributed by atoms with Crippen LogP contribution in [0.2, 0.25) is 0 Å². The quantitative estimate of drug-likeness (QED) is 0.245. The highest BCUT2D eigenvalue weighted by Crippen LogP contribution is 2.27. The van der Waals surface area contributed by atoms with E-state index < -0.39 is 12.0 Å². The molecule has 1 heterocycles. The predicted octanol–water partition coefficient (Wildman–Crippen LogP) is 4.22. The maximum absolute atomic E-state index is 12.9. The zero-order valence-corrected chi connectivity index (χ0v) is 23.7. The topological polar surface area (TPSA) is 118 Å². The smallest absolute Gasteiger partial charge is 0.333 e. The van der Waals surface area contributed by atoms with Gasteiger partial charge >= 0.3 is 12.0 Å². The fraction of sp³-hybridized carbons (Fsp3) is 0.484. The first-order valence-electron chi connectivity index (χ1n) is 14.4. The van der Waals surface area contributed by atoms with E-state index in [2.05, 4.69) is 26.9 Å². The summed E-state index contributed by atoms with van der Waals surface area (Å²) in [5.74, 6) is 0.270. The highest BCUT2D eigenvalue weighted by Gasteiger charge is 2.28. The van der Waals surface area contributed by atoms with Gasteiger partial charge in [-0.3, -0.25) is 0 Å². The number of amides is 2. The third-order valence-electron chi connectivity index (χ3n) is 7.72. The molecule has 216 valence electrons. The van der Waals surface area contributed by atoms with Crippen molar-refractivity contribution in [3.63, 3.8) is 0 Å². The Bertz CT molecular complexity index is 1140. The molecule has 9 heteroatoms. The van der Waals surface area contributed by atoms with E-state index in [4.69, 9.17) is 15.2 Å². The lowest BCUT2D eigenvalue weighted by atomic mass is 10.0. The molecule has 0 unspecified atom stereocenters. The number of nitrogens with zero attached hydrogens (tertiary/aromatic N) is 1. The molecule has 0 radical (unpaired) electrons. The average Bonchev–Trinajstić information content (AvgIpc) is 3.49. The van der Waals surface area contributed by atoms with E-state index in [1.54, 1.807) is 7.11 Å². The second-order valence-electron chi connectivity index (χ2n) is 10.5. The molecule has 2 aromatic rings. The van der Waals surface area contributed by atoms with Gasteiger partial charge in [0.2, 0.25) is 0 Å². The monoisotopic (exact) mass is 549 g/mol. The van der Waals surface area contributed by atoms with Crippen molar-refractivity contribution >= 4 is 23.4 Å². The summed E-state index contributed by atoms with van der Waals surface area (Å²) in [6.07, 6.45) is 7.94. The van der Waals surface area contributed by atoms with Gasteiger partial charge in [-0.05, 0) is 63.1 Å². The molecule has 2 fully saturated rings. The van der Waals surface area contributed by atoms with Crippen LogP contribution in [0.25, 0.3) is 5.70 Å². The molecule has 1 atom stereocenters. The summed E-state index contributed by atoms with van der Waals surface area (Å²) < 4.78 is 11.1. The van der Waals surface area contributed by atoms with E-state index in [0.717, 1.165) is 69.4 Å². The third kappa shape index (κ3) is 8.14. The van der Waals surface area contributed by atoms with Crippen molar-refractivity contribution in [1.29, 1.82) is 0 Å². The number of carbonyl (C=O) groups is 2. The van der Waals surface area contributed by atoms with Gasteiger partial charge in [-0.2, -0.15) is 0 Å². The van der Waals surface area contributed by atoms with Crippen molar-refractivity contribution < 1.29 is 19.1 Å². The second kappa shape index (κ2) is 14.6. The van der Waals surface area contributed by atoms with Crippen LogP contribution < -0.4 is 26.4 Å². The summed E-state index contributed by atoms with van der Waals surface area (Å²) in [4.78, 5) is 28.0. The molecule has 1 saturated heterocycles. The molecule has 4 rings (SSSR count). The molecule has 40 heavy (non-hydrogen) atoms. The fourth-order valence-electron chi connectivity index (χ4n) is 5.40. The Morgan fingerprint density at radius 1 is 1.07 bits per heavy atom. The summed E-state index contributed by atoms with van der Waals surface area (Å²) in [5.41, 5.74) is 9.42. The molecule has 5 N–H and O–H groups in total. The van der Waals surface area contributed by atoms with Crippen LogP contribution in [-0.4, -0.2) is 62.3 Å². The summed E-state index contributed by atoms with van der Waals surface area (Å²) in [6.45, 7) is 5.13. The van der Waals surface area contributed by atoms with Crippen molar-refractivity contribution in [2.45, 2.75) is 63.6 Å². The van der Waals surface area contributed by atoms with E-state index >= 15 is 0 Å². The van der Waals surface area contributed by atoms with Crippen LogP contribution in [0.1, 0.15) is 62.6 Å². The number of rotatable bonds is 11. The molecule has 1 aliphatic carbocycles. The van der Waals surface area contributed by atoms with Crippen molar-refractivity contribution in [2.75, 3.05) is 39.0 Å². The zero-order valence-electron chi connectivity index (χ0n) is 23.7. The molecule has 9 nitrogen and oxygen atoms in total. The number of ether oxygens (including phenoxy) is 2. The Labute approximate surface area is 237 Å². The van der Waals surface area contributed by atoms with Gasteiger partial charge in [-0.25, -0.2) is 9.59 Å². The molecular weight excluding hydrogens is 506 g/mol. The first-order chi connectivity index (χ1) is 19.5. The lowest BCUT2D eigenvalue weighted by Gasteiger charge is -2.33. The van der Waals surface area contributed by atoms with Gasteiger partial charge in [-0.1, -0.05) is 42.5 Å². The molecule has 0 aromatic heterocycles. The number of piperidine rings is 1. The SMILES string of the molecule is C/C=C(/NC1CCN(CCNC(=O)N[C@H](C(=O)OC2CCCC2)c2ccccc2)CC1)c1ccc(N)c(OC)c1. The number of nitrogens with one attached hydrogen (secondary N) is 3. The average molecular weight is 550 g/mol. The Morgan fingerprint density at radius 3 is 2.48 bits per heavy atom. The van der Waals surface area contributed by atoms with Gasteiger partial charge < -0.3 is 36.1 Å². The van der Waals surface area contributed by atoms with Gasteiger partial charge in [0.25, 0.3) is 0 Å². The van der Waals surface area contributed by atoms with Crippen LogP contribution in [0.4, 0.5) is 10.5 Å². The number of hydrogen-bond acceptors (Lipinski definition) is 7. The first-order valence-corrected chi connectivity index (χ1v) is 14.4. The number of methoxy groups -OCH3 is 1. The van der Waals surface area contributed by atoms with Crippen LogP contribution in [0.15, 0.2) is 54.6 Å². The van der Waals surface area contributed by atoms with E-state index in [9.17, 15) is 9.59 Å². The van der Waals surface area contributed by atoms with Crippen molar-refractivity contribution in [3.8, 4) is 5.75 Å². The molecule has 2 aromatic carbocycles. The summed E-state index contributed by atoms with van der Waals surface area (Å²) in [7, 11) is 1.62.